The van der Waals surface area contributed by atoms with Gasteiger partial charge in [-0.1, -0.05) is 143 Å². The molecule has 1 fully saturated rings. The van der Waals surface area contributed by atoms with E-state index in [-0.39, 0.29) is 4.83 Å². The molecule has 0 radical (unpaired) electrons. The van der Waals surface area contributed by atoms with Crippen molar-refractivity contribution in [2.24, 2.45) is 0 Å². The summed E-state index contributed by atoms with van der Waals surface area (Å²) in [5.41, 5.74) is 0. The predicted molar refractivity (Wildman–Crippen MR) is 95.1 cm³/mol. The Kier molecular flexibility index (Phi) is 5.50. The van der Waals surface area contributed by atoms with Crippen LogP contribution in [-0.2, 0) is 0 Å². The summed E-state index contributed by atoms with van der Waals surface area (Å²) in [6.45, 7) is 0. The largest absolute Gasteiger partial charge is 0.134 e. The molecule has 0 bridgehead atoms. The Labute approximate surface area is 158 Å². The Bertz CT molecular complexity index is 228. The quantitative estimate of drug-likeness (QED) is 0.240. The predicted octanol–water partition coefficient (Wildman–Crippen LogP) is 6.71. The molecule has 0 heterocycles. The molecular formula is C5HBr9. The van der Waals surface area contributed by atoms with Gasteiger partial charge >= 0.3 is 0 Å². The molecule has 0 N–H and O–H groups in total. The molecule has 1 aliphatic carbocycles. The van der Waals surface area contributed by atoms with E-state index in [0.717, 1.165) is 0 Å². The van der Waals surface area contributed by atoms with Gasteiger partial charge in [-0.3, -0.25) is 0 Å². The van der Waals surface area contributed by atoms with Crippen LogP contribution >= 0.6 is 143 Å². The normalized spacial score (nSPS) is 33.2. The van der Waals surface area contributed by atoms with Crippen LogP contribution in [0.15, 0.2) is 0 Å². The van der Waals surface area contributed by atoms with Crippen LogP contribution in [0.1, 0.15) is 0 Å². The Morgan fingerprint density at radius 3 is 0.857 bits per heavy atom. The van der Waals surface area contributed by atoms with Crippen molar-refractivity contribution in [1.82, 2.24) is 0 Å². The first-order chi connectivity index (χ1) is 5.90. The Morgan fingerprint density at radius 1 is 0.571 bits per heavy atom. The molecule has 1 rings (SSSR count). The molecule has 9 heteroatoms. The minimum absolute atomic E-state index is 0.0556. The second-order valence-electron chi connectivity index (χ2n) is 2.76. The van der Waals surface area contributed by atoms with E-state index in [1.165, 1.54) is 0 Å². The van der Waals surface area contributed by atoms with Gasteiger partial charge < -0.3 is 0 Å². The third-order valence-electron chi connectivity index (χ3n) is 1.87. The highest BCUT2D eigenvalue weighted by Gasteiger charge is 2.77. The van der Waals surface area contributed by atoms with E-state index in [2.05, 4.69) is 143 Å². The van der Waals surface area contributed by atoms with Crippen LogP contribution in [0.4, 0.5) is 0 Å². The van der Waals surface area contributed by atoms with Gasteiger partial charge in [0.1, 0.15) is 12.9 Å². The number of hydrogen-bond donors (Lipinski definition) is 0. The molecule has 0 unspecified atom stereocenters. The molecule has 14 heavy (non-hydrogen) atoms. The van der Waals surface area contributed by atoms with Crippen molar-refractivity contribution in [2.75, 3.05) is 0 Å². The maximum Gasteiger partial charge on any atom is 0.134 e. The van der Waals surface area contributed by atoms with Crippen molar-refractivity contribution in [3.05, 3.63) is 0 Å². The number of rotatable bonds is 0. The van der Waals surface area contributed by atoms with Gasteiger partial charge in [-0.05, 0) is 0 Å². The summed E-state index contributed by atoms with van der Waals surface area (Å²) in [4.78, 5) is 0.0556. The third kappa shape index (κ3) is 2.04. The van der Waals surface area contributed by atoms with Crippen LogP contribution in [0.25, 0.3) is 0 Å². The van der Waals surface area contributed by atoms with E-state index in [4.69, 9.17) is 0 Å². The number of halogens is 9. The summed E-state index contributed by atoms with van der Waals surface area (Å²) < 4.78 is -1.71. The van der Waals surface area contributed by atoms with Crippen LogP contribution in [0.2, 0.25) is 0 Å². The van der Waals surface area contributed by atoms with Crippen LogP contribution in [0.3, 0.4) is 0 Å². The van der Waals surface area contributed by atoms with Gasteiger partial charge in [0.25, 0.3) is 0 Å². The van der Waals surface area contributed by atoms with Crippen molar-refractivity contribution < 1.29 is 0 Å². The first-order valence-electron chi connectivity index (χ1n) is 3.06. The van der Waals surface area contributed by atoms with E-state index >= 15 is 0 Å². The zero-order valence-corrected chi connectivity index (χ0v) is 20.3. The molecule has 0 atom stereocenters. The molecule has 0 amide bonds. The minimum atomic E-state index is -0.457. The summed E-state index contributed by atoms with van der Waals surface area (Å²) in [7, 11) is 0. The maximum atomic E-state index is 3.64. The van der Waals surface area contributed by atoms with E-state index in [1.54, 1.807) is 0 Å². The highest BCUT2D eigenvalue weighted by atomic mass is 79.9. The summed E-state index contributed by atoms with van der Waals surface area (Å²) in [5.74, 6) is 0. The highest BCUT2D eigenvalue weighted by molar-refractivity contribution is 9.35. The summed E-state index contributed by atoms with van der Waals surface area (Å²) in [6.07, 6.45) is 0. The smallest absolute Gasteiger partial charge is 0.0839 e. The highest BCUT2D eigenvalue weighted by Crippen LogP contribution is 2.77. The van der Waals surface area contributed by atoms with E-state index in [9.17, 15) is 0 Å². The SMILES string of the molecule is BrC1C(Br)(Br)C(Br)(Br)C(Br)(Br)C1(Br)Br. The zero-order valence-electron chi connectivity index (χ0n) is 5.98. The molecule has 84 valence electrons. The Hall–Kier alpha value is 4.32. The van der Waals surface area contributed by atoms with E-state index in [0.29, 0.717) is 0 Å². The van der Waals surface area contributed by atoms with Crippen molar-refractivity contribution in [1.29, 1.82) is 0 Å². The first-order valence-corrected chi connectivity index (χ1v) is 10.3. The van der Waals surface area contributed by atoms with Gasteiger partial charge in [0.05, 0.1) is 4.83 Å². The Balaban J connectivity index is 3.38. The van der Waals surface area contributed by atoms with Crippen LogP contribution < -0.4 is 0 Å². The van der Waals surface area contributed by atoms with Crippen molar-refractivity contribution in [2.45, 2.75) is 17.8 Å². The fourth-order valence-corrected chi connectivity index (χ4v) is 11.0. The third-order valence-corrected chi connectivity index (χ3v) is 21.2. The minimum Gasteiger partial charge on any atom is -0.0839 e. The zero-order chi connectivity index (χ0) is 11.6. The molecule has 1 saturated carbocycles. The second kappa shape index (κ2) is 4.70. The fourth-order valence-electron chi connectivity index (χ4n) is 0.965. The van der Waals surface area contributed by atoms with Gasteiger partial charge in [-0.25, -0.2) is 0 Å². The van der Waals surface area contributed by atoms with Gasteiger partial charge in [-0.2, -0.15) is 0 Å². The van der Waals surface area contributed by atoms with Gasteiger partial charge in [-0.15, -0.1) is 0 Å². The van der Waals surface area contributed by atoms with Crippen molar-refractivity contribution in [3.8, 4) is 0 Å². The molecule has 0 aromatic rings. The lowest BCUT2D eigenvalue weighted by Crippen LogP contribution is -2.43. The van der Waals surface area contributed by atoms with Crippen LogP contribution in [-0.4, -0.2) is 17.8 Å². The summed E-state index contributed by atoms with van der Waals surface area (Å²) >= 11 is 32.7. The summed E-state index contributed by atoms with van der Waals surface area (Å²) in [6, 6.07) is 0. The number of alkyl halides is 9. The molecule has 0 aromatic heterocycles. The first kappa shape index (κ1) is 16.4. The molecule has 0 spiro atoms. The van der Waals surface area contributed by atoms with E-state index < -0.39 is 12.9 Å². The molecular weight excluding hydrogens is 779 g/mol. The van der Waals surface area contributed by atoms with E-state index in [1.807, 2.05) is 0 Å². The number of hydrogen-bond acceptors (Lipinski definition) is 0. The molecule has 0 aromatic carbocycles. The van der Waals surface area contributed by atoms with Gasteiger partial charge in [0.2, 0.25) is 0 Å². The fraction of sp³-hybridized carbons (Fsp3) is 1.00. The van der Waals surface area contributed by atoms with Gasteiger partial charge in [0.15, 0.2) is 0 Å². The summed E-state index contributed by atoms with van der Waals surface area (Å²) in [5, 5.41) is 0. The molecule has 0 nitrogen and oxygen atoms in total. The lowest BCUT2D eigenvalue weighted by molar-refractivity contribution is 0.866. The standard InChI is InChI=1S/C5HBr9/c6-1-2(7,8)4(11,12)5(13,14)3(1,9)10/h1H. The Morgan fingerprint density at radius 2 is 0.786 bits per heavy atom. The average molecular weight is 780 g/mol. The lowest BCUT2D eigenvalue weighted by Gasteiger charge is -2.36. The maximum absolute atomic E-state index is 3.64. The second-order valence-corrected chi connectivity index (χ2v) is 17.7. The van der Waals surface area contributed by atoms with Gasteiger partial charge in [0, 0.05) is 0 Å². The topological polar surface area (TPSA) is 0 Å². The molecule has 0 saturated heterocycles. The molecule has 1 aliphatic rings. The average Bonchev–Trinajstić information content (AvgIpc) is 2.05. The van der Waals surface area contributed by atoms with Crippen LogP contribution in [0.5, 0.6) is 0 Å². The van der Waals surface area contributed by atoms with Crippen LogP contribution in [0, 0.1) is 0 Å². The van der Waals surface area contributed by atoms with Crippen molar-refractivity contribution >= 4 is 143 Å². The lowest BCUT2D eigenvalue weighted by atomic mass is 10.4. The monoisotopic (exact) mass is 771 g/mol. The van der Waals surface area contributed by atoms with Crippen molar-refractivity contribution in [3.63, 3.8) is 0 Å². The molecule has 0 aliphatic heterocycles.